The summed E-state index contributed by atoms with van der Waals surface area (Å²) in [5, 5.41) is 12.9. The molecular weight excluding hydrogens is 420 g/mol. The number of halogens is 1. The molecular formula is C21H21ClN6OS. The number of fused-ring (bicyclic) bond motifs is 1. The van der Waals surface area contributed by atoms with Crippen LogP contribution in [-0.4, -0.2) is 58.2 Å². The Kier molecular flexibility index (Phi) is 5.80. The number of hydrogen-bond acceptors (Lipinski definition) is 6. The molecule has 4 aromatic rings. The lowest BCUT2D eigenvalue weighted by Crippen LogP contribution is -2.33. The van der Waals surface area contributed by atoms with Gasteiger partial charge in [-0.25, -0.2) is 4.98 Å². The van der Waals surface area contributed by atoms with Gasteiger partial charge in [0.2, 0.25) is 0 Å². The number of aromatic nitrogens is 4. The van der Waals surface area contributed by atoms with Crippen LogP contribution in [0, 0.1) is 6.92 Å². The van der Waals surface area contributed by atoms with Gasteiger partial charge in [0.1, 0.15) is 16.4 Å². The first-order valence-corrected chi connectivity index (χ1v) is 10.7. The number of aromatic amines is 1. The van der Waals surface area contributed by atoms with Gasteiger partial charge in [-0.05, 0) is 37.7 Å². The molecule has 3 aromatic heterocycles. The lowest BCUT2D eigenvalue weighted by Gasteiger charge is -2.16. The molecule has 1 amide bonds. The van der Waals surface area contributed by atoms with Crippen molar-refractivity contribution in [1.82, 2.24) is 30.4 Å². The molecule has 30 heavy (non-hydrogen) atoms. The molecule has 0 atom stereocenters. The van der Waals surface area contributed by atoms with Gasteiger partial charge in [0, 0.05) is 48.5 Å². The Balaban J connectivity index is 1.84. The van der Waals surface area contributed by atoms with Gasteiger partial charge in [-0.2, -0.15) is 5.10 Å². The Labute approximate surface area is 183 Å². The minimum Gasteiger partial charge on any atom is -0.339 e. The van der Waals surface area contributed by atoms with Gasteiger partial charge in [-0.1, -0.05) is 17.7 Å². The average molecular weight is 441 g/mol. The number of rotatable bonds is 6. The molecule has 3 heterocycles. The zero-order valence-electron chi connectivity index (χ0n) is 16.9. The van der Waals surface area contributed by atoms with Crippen molar-refractivity contribution in [3.05, 3.63) is 52.9 Å². The summed E-state index contributed by atoms with van der Waals surface area (Å²) in [5.74, 6) is -0.130. The monoisotopic (exact) mass is 440 g/mol. The van der Waals surface area contributed by atoms with Gasteiger partial charge in [0.05, 0.1) is 10.4 Å². The molecule has 0 spiro atoms. The summed E-state index contributed by atoms with van der Waals surface area (Å²) in [7, 11) is 3.64. The van der Waals surface area contributed by atoms with E-state index in [1.807, 2.05) is 38.2 Å². The zero-order valence-corrected chi connectivity index (χ0v) is 18.4. The van der Waals surface area contributed by atoms with Crippen molar-refractivity contribution in [1.29, 1.82) is 0 Å². The van der Waals surface area contributed by atoms with Crippen LogP contribution in [0.4, 0.5) is 0 Å². The number of amides is 1. The molecule has 0 aliphatic rings. The van der Waals surface area contributed by atoms with Crippen LogP contribution in [0.3, 0.4) is 0 Å². The molecule has 0 radical (unpaired) electrons. The van der Waals surface area contributed by atoms with Crippen molar-refractivity contribution in [2.75, 3.05) is 27.2 Å². The number of nitrogens with zero attached hydrogens (tertiary/aromatic N) is 4. The highest BCUT2D eigenvalue weighted by Gasteiger charge is 2.24. The fourth-order valence-electron chi connectivity index (χ4n) is 3.18. The first kappa shape index (κ1) is 20.5. The number of benzene rings is 1. The first-order valence-electron chi connectivity index (χ1n) is 9.46. The summed E-state index contributed by atoms with van der Waals surface area (Å²) >= 11 is 7.69. The summed E-state index contributed by atoms with van der Waals surface area (Å²) in [6.07, 6.45) is 3.46. The highest BCUT2D eigenvalue weighted by Crippen LogP contribution is 2.38. The number of likely N-dealkylation sites (N-methyl/N-ethyl adjacent to an activating group) is 2. The van der Waals surface area contributed by atoms with E-state index in [9.17, 15) is 4.79 Å². The van der Waals surface area contributed by atoms with Crippen LogP contribution in [0.5, 0.6) is 0 Å². The molecule has 7 nitrogen and oxygen atoms in total. The number of thiazole rings is 1. The van der Waals surface area contributed by atoms with Crippen LogP contribution in [0.2, 0.25) is 5.02 Å². The molecule has 4 rings (SSSR count). The maximum absolute atomic E-state index is 13.2. The molecule has 0 saturated carbocycles. The average Bonchev–Trinajstić information content (AvgIpc) is 3.39. The lowest BCUT2D eigenvalue weighted by molar-refractivity contribution is 0.0792. The number of carbonyl (C=O) groups excluding carboxylic acids is 1. The standard InChI is InChI=1S/C21H21ClN6OS/c1-12-15(22)7-6-14-16(12)26-27-17(14)20-25-18(21(29)28(3)10-9-23-2)19(30-20)13-5-4-8-24-11-13/h4-8,11,23H,9-10H2,1-3H3,(H,26,27). The predicted octanol–water partition coefficient (Wildman–Crippen LogP) is 4.00. The predicted molar refractivity (Wildman–Crippen MR) is 121 cm³/mol. The van der Waals surface area contributed by atoms with E-state index < -0.39 is 0 Å². The number of hydrogen-bond donors (Lipinski definition) is 2. The Morgan fingerprint density at radius 3 is 2.90 bits per heavy atom. The van der Waals surface area contributed by atoms with E-state index in [4.69, 9.17) is 16.6 Å². The lowest BCUT2D eigenvalue weighted by atomic mass is 10.1. The van der Waals surface area contributed by atoms with E-state index in [0.29, 0.717) is 28.8 Å². The minimum atomic E-state index is -0.130. The quantitative estimate of drug-likeness (QED) is 0.473. The fourth-order valence-corrected chi connectivity index (χ4v) is 4.39. The summed E-state index contributed by atoms with van der Waals surface area (Å²) in [6, 6.07) is 7.56. The number of pyridine rings is 1. The third-order valence-corrected chi connectivity index (χ3v) is 6.46. The second kappa shape index (κ2) is 8.51. The van der Waals surface area contributed by atoms with Crippen molar-refractivity contribution in [2.24, 2.45) is 0 Å². The van der Waals surface area contributed by atoms with Gasteiger partial charge in [-0.15, -0.1) is 11.3 Å². The largest absolute Gasteiger partial charge is 0.339 e. The summed E-state index contributed by atoms with van der Waals surface area (Å²) in [6.45, 7) is 3.22. The van der Waals surface area contributed by atoms with Crippen molar-refractivity contribution in [3.8, 4) is 21.1 Å². The van der Waals surface area contributed by atoms with Crippen molar-refractivity contribution in [3.63, 3.8) is 0 Å². The second-order valence-corrected chi connectivity index (χ2v) is 8.34. The Morgan fingerprint density at radius 1 is 1.33 bits per heavy atom. The third-order valence-electron chi connectivity index (χ3n) is 4.92. The topological polar surface area (TPSA) is 86.8 Å². The molecule has 0 saturated heterocycles. The first-order chi connectivity index (χ1) is 14.5. The van der Waals surface area contributed by atoms with Crippen LogP contribution in [0.25, 0.3) is 32.0 Å². The maximum Gasteiger partial charge on any atom is 0.273 e. The van der Waals surface area contributed by atoms with E-state index >= 15 is 0 Å². The molecule has 0 bridgehead atoms. The molecule has 0 aliphatic heterocycles. The van der Waals surface area contributed by atoms with Crippen LogP contribution in [-0.2, 0) is 0 Å². The highest BCUT2D eigenvalue weighted by molar-refractivity contribution is 7.18. The molecule has 0 fully saturated rings. The Hall–Kier alpha value is -2.81. The normalized spacial score (nSPS) is 11.2. The van der Waals surface area contributed by atoms with Crippen molar-refractivity contribution < 1.29 is 4.79 Å². The maximum atomic E-state index is 13.2. The van der Waals surface area contributed by atoms with E-state index in [1.165, 1.54) is 11.3 Å². The van der Waals surface area contributed by atoms with Crippen LogP contribution in [0.1, 0.15) is 16.1 Å². The number of nitrogens with one attached hydrogen (secondary N) is 2. The Morgan fingerprint density at radius 2 is 2.17 bits per heavy atom. The van der Waals surface area contributed by atoms with E-state index in [2.05, 4.69) is 20.5 Å². The van der Waals surface area contributed by atoms with Gasteiger partial charge in [0.15, 0.2) is 0 Å². The van der Waals surface area contributed by atoms with Gasteiger partial charge in [0.25, 0.3) is 5.91 Å². The smallest absolute Gasteiger partial charge is 0.273 e. The SMILES string of the molecule is CNCCN(C)C(=O)c1nc(-c2[nH]nc3c(C)c(Cl)ccc23)sc1-c1cccnc1. The van der Waals surface area contributed by atoms with Crippen molar-refractivity contribution in [2.45, 2.75) is 6.92 Å². The molecule has 0 unspecified atom stereocenters. The van der Waals surface area contributed by atoms with Gasteiger partial charge < -0.3 is 10.2 Å². The van der Waals surface area contributed by atoms with Crippen LogP contribution in [0.15, 0.2) is 36.7 Å². The van der Waals surface area contributed by atoms with E-state index in [0.717, 1.165) is 32.6 Å². The summed E-state index contributed by atoms with van der Waals surface area (Å²) in [4.78, 5) is 24.6. The van der Waals surface area contributed by atoms with E-state index in [-0.39, 0.29) is 5.91 Å². The van der Waals surface area contributed by atoms with Crippen LogP contribution < -0.4 is 5.32 Å². The highest BCUT2D eigenvalue weighted by atomic mass is 35.5. The van der Waals surface area contributed by atoms with Gasteiger partial charge in [-0.3, -0.25) is 14.9 Å². The summed E-state index contributed by atoms with van der Waals surface area (Å²) < 4.78 is 0. The molecule has 1 aromatic carbocycles. The molecule has 2 N–H and O–H groups in total. The number of aryl methyl sites for hydroxylation is 1. The molecule has 0 aliphatic carbocycles. The second-order valence-electron chi connectivity index (χ2n) is 6.94. The fraction of sp³-hybridized carbons (Fsp3) is 0.238. The van der Waals surface area contributed by atoms with Crippen molar-refractivity contribution >= 4 is 39.7 Å². The number of H-pyrrole nitrogens is 1. The van der Waals surface area contributed by atoms with Gasteiger partial charge >= 0.3 is 0 Å². The molecule has 9 heteroatoms. The Bertz CT molecular complexity index is 1200. The molecule has 154 valence electrons. The number of carbonyl (C=O) groups is 1. The third kappa shape index (κ3) is 3.69. The summed E-state index contributed by atoms with van der Waals surface area (Å²) in [5.41, 5.74) is 3.75. The zero-order chi connectivity index (χ0) is 21.3. The van der Waals surface area contributed by atoms with E-state index in [1.54, 1.807) is 24.3 Å². The minimum absolute atomic E-state index is 0.130. The van der Waals surface area contributed by atoms with Crippen LogP contribution >= 0.6 is 22.9 Å².